The Morgan fingerprint density at radius 1 is 1.06 bits per heavy atom. The molecule has 1 aliphatic heterocycles. The van der Waals surface area contributed by atoms with Crippen molar-refractivity contribution in [3.63, 3.8) is 0 Å². The molecule has 1 aliphatic rings. The maximum atomic E-state index is 13.6. The van der Waals surface area contributed by atoms with Crippen LogP contribution in [0, 0.1) is 0 Å². The summed E-state index contributed by atoms with van der Waals surface area (Å²) in [7, 11) is -3.71. The van der Waals surface area contributed by atoms with Crippen LogP contribution < -0.4 is 10.2 Å². The second kappa shape index (κ2) is 10.2. The summed E-state index contributed by atoms with van der Waals surface area (Å²) in [6, 6.07) is 19.8. The van der Waals surface area contributed by atoms with E-state index in [0.29, 0.717) is 34.9 Å². The zero-order valence-electron chi connectivity index (χ0n) is 19.2. The second-order valence-corrected chi connectivity index (χ2v) is 10.4. The molecule has 1 aromatic heterocycles. The average molecular weight is 505 g/mol. The number of benzene rings is 2. The van der Waals surface area contributed by atoms with Gasteiger partial charge in [0.15, 0.2) is 0 Å². The number of para-hydroxylation sites is 1. The van der Waals surface area contributed by atoms with Gasteiger partial charge in [0.05, 0.1) is 12.2 Å². The quantitative estimate of drug-likeness (QED) is 0.501. The van der Waals surface area contributed by atoms with Gasteiger partial charge in [0, 0.05) is 43.8 Å². The van der Waals surface area contributed by atoms with Crippen LogP contribution in [-0.4, -0.2) is 42.8 Å². The molecule has 35 heavy (non-hydrogen) atoms. The Hall–Kier alpha value is -3.11. The molecule has 2 aromatic carbocycles. The van der Waals surface area contributed by atoms with E-state index in [4.69, 9.17) is 0 Å². The first-order valence-corrected chi connectivity index (χ1v) is 12.7. The van der Waals surface area contributed by atoms with E-state index in [1.807, 2.05) is 59.5 Å². The number of pyridine rings is 1. The normalized spacial score (nSPS) is 17.0. The fourth-order valence-electron chi connectivity index (χ4n) is 4.37. The highest BCUT2D eigenvalue weighted by atomic mass is 32.2. The number of hydrogen-bond donors (Lipinski definition) is 1. The van der Waals surface area contributed by atoms with Crippen LogP contribution in [0.25, 0.3) is 0 Å². The van der Waals surface area contributed by atoms with Gasteiger partial charge in [0.1, 0.15) is 0 Å². The number of aromatic nitrogens is 1. The zero-order valence-corrected chi connectivity index (χ0v) is 20.1. The molecule has 0 spiro atoms. The minimum atomic E-state index is -5.51. The van der Waals surface area contributed by atoms with Crippen molar-refractivity contribution in [1.82, 2.24) is 9.29 Å². The molecule has 186 valence electrons. The van der Waals surface area contributed by atoms with Crippen molar-refractivity contribution >= 4 is 21.4 Å². The summed E-state index contributed by atoms with van der Waals surface area (Å²) < 4.78 is 66.3. The molecule has 0 bridgehead atoms. The lowest BCUT2D eigenvalue weighted by molar-refractivity contribution is -0.0492. The van der Waals surface area contributed by atoms with E-state index < -0.39 is 21.6 Å². The molecule has 0 fully saturated rings. The van der Waals surface area contributed by atoms with Crippen LogP contribution >= 0.6 is 0 Å². The van der Waals surface area contributed by atoms with E-state index in [-0.39, 0.29) is 13.1 Å². The van der Waals surface area contributed by atoms with E-state index in [0.717, 1.165) is 16.9 Å². The maximum absolute atomic E-state index is 13.6. The third-order valence-electron chi connectivity index (χ3n) is 6.18. The number of nitrogens with zero attached hydrogens (tertiary/aromatic N) is 3. The van der Waals surface area contributed by atoms with Crippen molar-refractivity contribution < 1.29 is 21.6 Å². The van der Waals surface area contributed by atoms with E-state index >= 15 is 0 Å². The van der Waals surface area contributed by atoms with Gasteiger partial charge in [0.25, 0.3) is 0 Å². The Bertz CT molecular complexity index is 1250. The molecule has 0 aliphatic carbocycles. The van der Waals surface area contributed by atoms with Gasteiger partial charge in [-0.3, -0.25) is 4.98 Å². The van der Waals surface area contributed by atoms with E-state index in [9.17, 15) is 21.6 Å². The molecule has 6 nitrogen and oxygen atoms in total. The highest BCUT2D eigenvalue weighted by molar-refractivity contribution is 7.89. The van der Waals surface area contributed by atoms with Crippen LogP contribution in [0.3, 0.4) is 0 Å². The molecule has 4 rings (SSSR count). The SMILES string of the molecule is CNc1ccnc(CN2c3ccccc3CN(S(=O)(=O)C(F)(F)F)CC2CCc2ccccc2)c1. The number of aryl methyl sites for hydroxylation is 1. The number of anilines is 2. The Labute approximate surface area is 203 Å². The predicted molar refractivity (Wildman–Crippen MR) is 130 cm³/mol. The second-order valence-electron chi connectivity index (χ2n) is 8.46. The van der Waals surface area contributed by atoms with Gasteiger partial charge >= 0.3 is 15.5 Å². The van der Waals surface area contributed by atoms with E-state index in [1.165, 1.54) is 0 Å². The number of alkyl halides is 3. The van der Waals surface area contributed by atoms with Crippen molar-refractivity contribution in [3.8, 4) is 0 Å². The Kier molecular flexibility index (Phi) is 7.32. The summed E-state index contributed by atoms with van der Waals surface area (Å²) in [6.07, 6.45) is 2.73. The third-order valence-corrected chi connectivity index (χ3v) is 7.72. The van der Waals surface area contributed by atoms with Crippen molar-refractivity contribution in [2.75, 3.05) is 23.8 Å². The van der Waals surface area contributed by atoms with Gasteiger partial charge < -0.3 is 10.2 Å². The van der Waals surface area contributed by atoms with E-state index in [2.05, 4.69) is 10.3 Å². The monoisotopic (exact) mass is 504 g/mol. The summed E-state index contributed by atoms with van der Waals surface area (Å²) in [5.74, 6) is 0. The van der Waals surface area contributed by atoms with Crippen molar-refractivity contribution in [3.05, 3.63) is 89.7 Å². The zero-order chi connectivity index (χ0) is 25.1. The molecule has 10 heteroatoms. The first-order valence-electron chi connectivity index (χ1n) is 11.3. The molecular weight excluding hydrogens is 477 g/mol. The van der Waals surface area contributed by atoms with Gasteiger partial charge in [-0.05, 0) is 42.2 Å². The van der Waals surface area contributed by atoms with Gasteiger partial charge in [0.2, 0.25) is 0 Å². The molecule has 0 amide bonds. The van der Waals surface area contributed by atoms with Crippen LogP contribution in [0.2, 0.25) is 0 Å². The van der Waals surface area contributed by atoms with Gasteiger partial charge in [-0.25, -0.2) is 8.42 Å². The highest BCUT2D eigenvalue weighted by Gasteiger charge is 2.51. The predicted octanol–water partition coefficient (Wildman–Crippen LogP) is 4.80. The minimum Gasteiger partial charge on any atom is -0.388 e. The Balaban J connectivity index is 1.75. The van der Waals surface area contributed by atoms with Crippen LogP contribution in [0.1, 0.15) is 23.2 Å². The number of halogens is 3. The largest absolute Gasteiger partial charge is 0.511 e. The van der Waals surface area contributed by atoms with Crippen molar-refractivity contribution in [1.29, 1.82) is 0 Å². The molecule has 1 unspecified atom stereocenters. The van der Waals surface area contributed by atoms with Crippen LogP contribution in [-0.2, 0) is 29.5 Å². The molecule has 3 aromatic rings. The topological polar surface area (TPSA) is 65.5 Å². The third kappa shape index (κ3) is 5.59. The van der Waals surface area contributed by atoms with Gasteiger partial charge in [-0.15, -0.1) is 0 Å². The van der Waals surface area contributed by atoms with E-state index in [1.54, 1.807) is 25.4 Å². The van der Waals surface area contributed by atoms with Crippen LogP contribution in [0.4, 0.5) is 24.5 Å². The van der Waals surface area contributed by atoms with Crippen LogP contribution in [0.15, 0.2) is 72.9 Å². The van der Waals surface area contributed by atoms with Gasteiger partial charge in [-0.2, -0.15) is 17.5 Å². The lowest BCUT2D eigenvalue weighted by atomic mass is 10.0. The molecule has 1 atom stereocenters. The Morgan fingerprint density at radius 3 is 2.49 bits per heavy atom. The smallest absolute Gasteiger partial charge is 0.388 e. The standard InChI is InChI=1S/C25H27F3N4O2S/c1-29-21-13-14-30-22(15-21)17-32-23(12-11-19-7-3-2-4-8-19)18-31(35(33,34)25(26,27)28)16-20-9-5-6-10-24(20)32/h2-10,13-15,23H,11-12,16-18H2,1H3,(H,29,30). The number of rotatable bonds is 7. The summed E-state index contributed by atoms with van der Waals surface area (Å²) in [6.45, 7) is -0.304. The molecule has 0 radical (unpaired) electrons. The first-order chi connectivity index (χ1) is 16.7. The van der Waals surface area contributed by atoms with Crippen LogP contribution in [0.5, 0.6) is 0 Å². The lowest BCUT2D eigenvalue weighted by Crippen LogP contribution is -2.47. The van der Waals surface area contributed by atoms with Gasteiger partial charge in [-0.1, -0.05) is 48.5 Å². The number of hydrogen-bond acceptors (Lipinski definition) is 5. The molecule has 2 heterocycles. The number of nitrogens with one attached hydrogen (secondary N) is 1. The summed E-state index contributed by atoms with van der Waals surface area (Å²) in [4.78, 5) is 6.44. The lowest BCUT2D eigenvalue weighted by Gasteiger charge is -2.34. The Morgan fingerprint density at radius 2 is 1.77 bits per heavy atom. The highest BCUT2D eigenvalue weighted by Crippen LogP contribution is 2.35. The molecule has 0 saturated heterocycles. The minimum absolute atomic E-state index is 0.283. The number of sulfonamides is 1. The number of fused-ring (bicyclic) bond motifs is 1. The molecule has 1 N–H and O–H groups in total. The fourth-order valence-corrected chi connectivity index (χ4v) is 5.34. The summed E-state index contributed by atoms with van der Waals surface area (Å²) in [5.41, 5.74) is -1.52. The summed E-state index contributed by atoms with van der Waals surface area (Å²) >= 11 is 0. The summed E-state index contributed by atoms with van der Waals surface area (Å²) in [5, 5.41) is 3.07. The molecule has 0 saturated carbocycles. The van der Waals surface area contributed by atoms with Crippen molar-refractivity contribution in [2.24, 2.45) is 0 Å². The molecular formula is C25H27F3N4O2S. The fraction of sp³-hybridized carbons (Fsp3) is 0.320. The average Bonchev–Trinajstić information content (AvgIpc) is 3.00. The van der Waals surface area contributed by atoms with Crippen molar-refractivity contribution in [2.45, 2.75) is 37.5 Å². The first kappa shape index (κ1) is 25.0. The maximum Gasteiger partial charge on any atom is 0.511 e.